The van der Waals surface area contributed by atoms with Crippen LogP contribution >= 0.6 is 23.2 Å². The minimum absolute atomic E-state index is 0.276. The molecule has 0 fully saturated rings. The number of ether oxygens (including phenoxy) is 1. The van der Waals surface area contributed by atoms with E-state index in [4.69, 9.17) is 27.9 Å². The van der Waals surface area contributed by atoms with Gasteiger partial charge in [-0.3, -0.25) is 0 Å². The first kappa shape index (κ1) is 14.2. The lowest BCUT2D eigenvalue weighted by Gasteiger charge is -2.05. The molecule has 0 aliphatic rings. The summed E-state index contributed by atoms with van der Waals surface area (Å²) in [5.74, 6) is 1.40. The van der Waals surface area contributed by atoms with Gasteiger partial charge < -0.3 is 4.74 Å². The van der Waals surface area contributed by atoms with Gasteiger partial charge >= 0.3 is 0 Å². The third-order valence-electron chi connectivity index (χ3n) is 2.93. The molecule has 0 bridgehead atoms. The van der Waals surface area contributed by atoms with Crippen molar-refractivity contribution in [2.45, 2.75) is 25.6 Å². The van der Waals surface area contributed by atoms with Crippen molar-refractivity contribution in [1.29, 1.82) is 0 Å². The molecule has 5 heteroatoms. The first-order valence-electron chi connectivity index (χ1n) is 6.06. The summed E-state index contributed by atoms with van der Waals surface area (Å²) in [4.78, 5) is 0. The van der Waals surface area contributed by atoms with Crippen molar-refractivity contribution >= 4 is 23.2 Å². The average molecular weight is 299 g/mol. The van der Waals surface area contributed by atoms with Crippen molar-refractivity contribution < 1.29 is 4.74 Å². The Kier molecular flexibility index (Phi) is 4.38. The monoisotopic (exact) mass is 298 g/mol. The summed E-state index contributed by atoms with van der Waals surface area (Å²) < 4.78 is 6.92. The van der Waals surface area contributed by atoms with Crippen LogP contribution in [0.25, 0.3) is 5.69 Å². The van der Waals surface area contributed by atoms with Crippen LogP contribution in [0.2, 0.25) is 5.15 Å². The van der Waals surface area contributed by atoms with Crippen LogP contribution in [0.4, 0.5) is 0 Å². The molecular formula is C14H16Cl2N2O. The molecular weight excluding hydrogens is 283 g/mol. The second kappa shape index (κ2) is 5.85. The SMILES string of the molecule is COc1cccc(-n2nc(C(C)C)c(CCl)c2Cl)c1. The Morgan fingerprint density at radius 1 is 1.37 bits per heavy atom. The molecule has 0 spiro atoms. The molecule has 3 nitrogen and oxygen atoms in total. The van der Waals surface area contributed by atoms with E-state index >= 15 is 0 Å². The average Bonchev–Trinajstić information content (AvgIpc) is 2.76. The Morgan fingerprint density at radius 3 is 2.63 bits per heavy atom. The molecule has 0 N–H and O–H groups in total. The van der Waals surface area contributed by atoms with Gasteiger partial charge in [-0.15, -0.1) is 11.6 Å². The fourth-order valence-electron chi connectivity index (χ4n) is 1.95. The van der Waals surface area contributed by atoms with E-state index in [1.54, 1.807) is 11.8 Å². The maximum Gasteiger partial charge on any atom is 0.137 e. The molecule has 102 valence electrons. The first-order valence-corrected chi connectivity index (χ1v) is 6.97. The third kappa shape index (κ3) is 2.72. The quantitative estimate of drug-likeness (QED) is 0.783. The Labute approximate surface area is 123 Å². The summed E-state index contributed by atoms with van der Waals surface area (Å²) in [5, 5.41) is 5.13. The highest BCUT2D eigenvalue weighted by Gasteiger charge is 2.18. The van der Waals surface area contributed by atoms with E-state index in [2.05, 4.69) is 18.9 Å². The molecule has 1 aromatic carbocycles. The van der Waals surface area contributed by atoms with Crippen molar-refractivity contribution in [1.82, 2.24) is 9.78 Å². The predicted molar refractivity (Wildman–Crippen MR) is 78.8 cm³/mol. The fraction of sp³-hybridized carbons (Fsp3) is 0.357. The van der Waals surface area contributed by atoms with Crippen molar-refractivity contribution in [2.75, 3.05) is 7.11 Å². The number of aromatic nitrogens is 2. The molecule has 0 saturated carbocycles. The first-order chi connectivity index (χ1) is 9.08. The normalized spacial score (nSPS) is 11.1. The highest BCUT2D eigenvalue weighted by molar-refractivity contribution is 6.31. The van der Waals surface area contributed by atoms with Crippen LogP contribution < -0.4 is 4.74 Å². The molecule has 0 atom stereocenters. The molecule has 19 heavy (non-hydrogen) atoms. The molecule has 2 aromatic rings. The molecule has 1 aromatic heterocycles. The van der Waals surface area contributed by atoms with E-state index in [9.17, 15) is 0 Å². The van der Waals surface area contributed by atoms with Gasteiger partial charge in [-0.25, -0.2) is 4.68 Å². The van der Waals surface area contributed by atoms with E-state index in [0.717, 1.165) is 22.7 Å². The summed E-state index contributed by atoms with van der Waals surface area (Å²) in [7, 11) is 1.63. The van der Waals surface area contributed by atoms with Crippen molar-refractivity contribution in [3.8, 4) is 11.4 Å². The van der Waals surface area contributed by atoms with Gasteiger partial charge in [0.15, 0.2) is 0 Å². The predicted octanol–water partition coefficient (Wildman–Crippen LogP) is 4.40. The summed E-state index contributed by atoms with van der Waals surface area (Å²) in [6.07, 6.45) is 0. The summed E-state index contributed by atoms with van der Waals surface area (Å²) in [6, 6.07) is 7.61. The molecule has 0 saturated heterocycles. The topological polar surface area (TPSA) is 27.1 Å². The Morgan fingerprint density at radius 2 is 2.11 bits per heavy atom. The summed E-state index contributed by atoms with van der Waals surface area (Å²) >= 11 is 12.4. The van der Waals surface area contributed by atoms with Crippen molar-refractivity contribution in [3.05, 3.63) is 40.7 Å². The van der Waals surface area contributed by atoms with Crippen LogP contribution in [-0.2, 0) is 5.88 Å². The van der Waals surface area contributed by atoms with Gasteiger partial charge in [0.05, 0.1) is 24.4 Å². The molecule has 0 unspecified atom stereocenters. The van der Waals surface area contributed by atoms with E-state index in [0.29, 0.717) is 11.0 Å². The van der Waals surface area contributed by atoms with Gasteiger partial charge in [-0.1, -0.05) is 31.5 Å². The molecule has 0 aliphatic heterocycles. The van der Waals surface area contributed by atoms with Gasteiger partial charge in [0.2, 0.25) is 0 Å². The second-order valence-electron chi connectivity index (χ2n) is 4.56. The number of benzene rings is 1. The number of methoxy groups -OCH3 is 1. The number of hydrogen-bond donors (Lipinski definition) is 0. The number of halogens is 2. The zero-order valence-corrected chi connectivity index (χ0v) is 12.7. The number of rotatable bonds is 4. The highest BCUT2D eigenvalue weighted by atomic mass is 35.5. The fourth-order valence-corrected chi connectivity index (χ4v) is 2.58. The summed E-state index contributed by atoms with van der Waals surface area (Å²) in [6.45, 7) is 4.15. The van der Waals surface area contributed by atoms with Gasteiger partial charge in [-0.2, -0.15) is 5.10 Å². The van der Waals surface area contributed by atoms with Crippen molar-refractivity contribution in [3.63, 3.8) is 0 Å². The Balaban J connectivity index is 2.55. The Bertz CT molecular complexity index is 579. The smallest absolute Gasteiger partial charge is 0.137 e. The second-order valence-corrected chi connectivity index (χ2v) is 5.18. The molecule has 0 amide bonds. The zero-order chi connectivity index (χ0) is 14.0. The van der Waals surface area contributed by atoms with E-state index < -0.39 is 0 Å². The van der Waals surface area contributed by atoms with Gasteiger partial charge in [0, 0.05) is 11.6 Å². The minimum Gasteiger partial charge on any atom is -0.497 e. The van der Waals surface area contributed by atoms with Gasteiger partial charge in [-0.05, 0) is 18.1 Å². The third-order valence-corrected chi connectivity index (χ3v) is 3.59. The lowest BCUT2D eigenvalue weighted by Crippen LogP contribution is -1.98. The van der Waals surface area contributed by atoms with Crippen LogP contribution in [0.15, 0.2) is 24.3 Å². The molecule has 0 aliphatic carbocycles. The maximum absolute atomic E-state index is 6.38. The molecule has 1 heterocycles. The number of hydrogen-bond acceptors (Lipinski definition) is 2. The lowest BCUT2D eigenvalue weighted by atomic mass is 10.1. The Hall–Kier alpha value is -1.19. The number of alkyl halides is 1. The van der Waals surface area contributed by atoms with Crippen LogP contribution in [0.5, 0.6) is 5.75 Å². The number of nitrogens with zero attached hydrogens (tertiary/aromatic N) is 2. The van der Waals surface area contributed by atoms with E-state index in [-0.39, 0.29) is 5.92 Å². The highest BCUT2D eigenvalue weighted by Crippen LogP contribution is 2.30. The largest absolute Gasteiger partial charge is 0.497 e. The van der Waals surface area contributed by atoms with Crippen LogP contribution in [0.1, 0.15) is 31.0 Å². The van der Waals surface area contributed by atoms with E-state index in [1.165, 1.54) is 0 Å². The molecule has 0 radical (unpaired) electrons. The zero-order valence-electron chi connectivity index (χ0n) is 11.2. The van der Waals surface area contributed by atoms with Crippen LogP contribution in [0.3, 0.4) is 0 Å². The van der Waals surface area contributed by atoms with E-state index in [1.807, 2.05) is 24.3 Å². The van der Waals surface area contributed by atoms with Crippen molar-refractivity contribution in [2.24, 2.45) is 0 Å². The van der Waals surface area contributed by atoms with Gasteiger partial charge in [0.25, 0.3) is 0 Å². The maximum atomic E-state index is 6.38. The summed E-state index contributed by atoms with van der Waals surface area (Å²) in [5.41, 5.74) is 2.69. The van der Waals surface area contributed by atoms with Gasteiger partial charge in [0.1, 0.15) is 10.9 Å². The van der Waals surface area contributed by atoms with Crippen LogP contribution in [0, 0.1) is 0 Å². The lowest BCUT2D eigenvalue weighted by molar-refractivity contribution is 0.414. The van der Waals surface area contributed by atoms with Crippen LogP contribution in [-0.4, -0.2) is 16.9 Å². The minimum atomic E-state index is 0.276. The molecule has 2 rings (SSSR count). The standard InChI is InChI=1S/C14H16Cl2N2O/c1-9(2)13-12(8-15)14(16)18(17-13)10-5-4-6-11(7-10)19-3/h4-7,9H,8H2,1-3H3.